The number of aromatic carboxylic acids is 1. The van der Waals surface area contributed by atoms with Gasteiger partial charge >= 0.3 is 12.0 Å². The van der Waals surface area contributed by atoms with Crippen molar-refractivity contribution in [2.45, 2.75) is 6.92 Å². The second kappa shape index (κ2) is 4.96. The molecule has 14 heavy (non-hydrogen) atoms. The van der Waals surface area contributed by atoms with Crippen molar-refractivity contribution in [1.29, 1.82) is 0 Å². The first-order valence-electron chi connectivity index (χ1n) is 4.04. The number of nitrogens with zero attached hydrogens (tertiary/aromatic N) is 2. The van der Waals surface area contributed by atoms with Gasteiger partial charge in [0.15, 0.2) is 5.69 Å². The van der Waals surface area contributed by atoms with Crippen LogP contribution in [0.25, 0.3) is 0 Å². The SMILES string of the molecule is C/C=C/COc1nccc(C(=O)O)n1. The lowest BCUT2D eigenvalue weighted by Crippen LogP contribution is -2.04. The number of aromatic nitrogens is 2. The normalized spacial score (nSPS) is 10.4. The fourth-order valence-corrected chi connectivity index (χ4v) is 0.748. The third kappa shape index (κ3) is 2.85. The molecule has 5 nitrogen and oxygen atoms in total. The van der Waals surface area contributed by atoms with Gasteiger partial charge in [0.2, 0.25) is 0 Å². The van der Waals surface area contributed by atoms with E-state index in [4.69, 9.17) is 9.84 Å². The monoisotopic (exact) mass is 194 g/mol. The summed E-state index contributed by atoms with van der Waals surface area (Å²) in [5.74, 6) is -1.09. The number of hydrogen-bond acceptors (Lipinski definition) is 4. The molecule has 1 N–H and O–H groups in total. The molecule has 0 fully saturated rings. The maximum Gasteiger partial charge on any atom is 0.354 e. The van der Waals surface area contributed by atoms with Gasteiger partial charge in [-0.2, -0.15) is 4.98 Å². The Morgan fingerprint density at radius 3 is 3.14 bits per heavy atom. The molecule has 0 atom stereocenters. The molecule has 0 saturated carbocycles. The summed E-state index contributed by atoms with van der Waals surface area (Å²) in [6, 6.07) is 1.38. The number of ether oxygens (including phenoxy) is 1. The summed E-state index contributed by atoms with van der Waals surface area (Å²) in [5.41, 5.74) is -0.0736. The molecule has 0 aliphatic rings. The van der Waals surface area contributed by atoms with E-state index < -0.39 is 5.97 Å². The highest BCUT2D eigenvalue weighted by Gasteiger charge is 2.05. The maximum absolute atomic E-state index is 10.5. The molecule has 0 aliphatic heterocycles. The Morgan fingerprint density at radius 1 is 1.71 bits per heavy atom. The molecular weight excluding hydrogens is 184 g/mol. The van der Waals surface area contributed by atoms with Crippen LogP contribution in [0.15, 0.2) is 24.4 Å². The van der Waals surface area contributed by atoms with Crippen LogP contribution in [0.5, 0.6) is 6.01 Å². The maximum atomic E-state index is 10.5. The third-order valence-corrected chi connectivity index (χ3v) is 1.40. The average Bonchev–Trinajstić information content (AvgIpc) is 2.19. The number of carboxylic acid groups (broad SMARTS) is 1. The van der Waals surface area contributed by atoms with Crippen LogP contribution in [0.4, 0.5) is 0 Å². The van der Waals surface area contributed by atoms with E-state index in [-0.39, 0.29) is 11.7 Å². The van der Waals surface area contributed by atoms with E-state index in [1.807, 2.05) is 13.0 Å². The molecule has 1 aromatic rings. The molecule has 74 valence electrons. The Morgan fingerprint density at radius 2 is 2.50 bits per heavy atom. The van der Waals surface area contributed by atoms with Crippen molar-refractivity contribution < 1.29 is 14.6 Å². The average molecular weight is 194 g/mol. The van der Waals surface area contributed by atoms with Crippen molar-refractivity contribution in [2.24, 2.45) is 0 Å². The minimum atomic E-state index is -1.09. The number of rotatable bonds is 4. The molecule has 0 bridgehead atoms. The van der Waals surface area contributed by atoms with E-state index in [0.29, 0.717) is 6.61 Å². The van der Waals surface area contributed by atoms with E-state index in [2.05, 4.69) is 9.97 Å². The zero-order valence-corrected chi connectivity index (χ0v) is 7.67. The first kappa shape index (κ1) is 10.2. The van der Waals surface area contributed by atoms with Gasteiger partial charge in [0.1, 0.15) is 6.61 Å². The number of carboxylic acids is 1. The van der Waals surface area contributed by atoms with Gasteiger partial charge in [0.05, 0.1) is 0 Å². The van der Waals surface area contributed by atoms with Crippen molar-refractivity contribution in [3.05, 3.63) is 30.1 Å². The number of carbonyl (C=O) groups is 1. The van der Waals surface area contributed by atoms with E-state index in [9.17, 15) is 4.79 Å². The van der Waals surface area contributed by atoms with Crippen LogP contribution in [0.1, 0.15) is 17.4 Å². The highest BCUT2D eigenvalue weighted by atomic mass is 16.5. The van der Waals surface area contributed by atoms with Gasteiger partial charge in [-0.05, 0) is 13.0 Å². The van der Waals surface area contributed by atoms with Gasteiger partial charge in [-0.25, -0.2) is 9.78 Å². The van der Waals surface area contributed by atoms with Crippen molar-refractivity contribution in [3.8, 4) is 6.01 Å². The lowest BCUT2D eigenvalue weighted by molar-refractivity contribution is 0.0689. The Labute approximate surface area is 81.1 Å². The molecule has 1 rings (SSSR count). The molecule has 0 amide bonds. The fraction of sp³-hybridized carbons (Fsp3) is 0.222. The highest BCUT2D eigenvalue weighted by molar-refractivity contribution is 5.85. The predicted octanol–water partition coefficient (Wildman–Crippen LogP) is 1.13. The summed E-state index contributed by atoms with van der Waals surface area (Å²) >= 11 is 0. The van der Waals surface area contributed by atoms with Gasteiger partial charge in [0.25, 0.3) is 0 Å². The molecule has 1 heterocycles. The van der Waals surface area contributed by atoms with Gasteiger partial charge in [0, 0.05) is 6.20 Å². The van der Waals surface area contributed by atoms with E-state index >= 15 is 0 Å². The quantitative estimate of drug-likeness (QED) is 0.727. The summed E-state index contributed by atoms with van der Waals surface area (Å²) < 4.78 is 5.06. The molecular formula is C9H10N2O3. The van der Waals surface area contributed by atoms with Crippen molar-refractivity contribution in [2.75, 3.05) is 6.61 Å². The Bertz CT molecular complexity index is 350. The molecule has 0 aromatic carbocycles. The van der Waals surface area contributed by atoms with Crippen LogP contribution >= 0.6 is 0 Å². The highest BCUT2D eigenvalue weighted by Crippen LogP contribution is 2.02. The summed E-state index contributed by atoms with van der Waals surface area (Å²) in [6.07, 6.45) is 4.94. The van der Waals surface area contributed by atoms with Crippen LogP contribution in [0.3, 0.4) is 0 Å². The molecule has 0 unspecified atom stereocenters. The van der Waals surface area contributed by atoms with Crippen LogP contribution < -0.4 is 4.74 Å². The Hall–Kier alpha value is -1.91. The van der Waals surface area contributed by atoms with Gasteiger partial charge in [-0.1, -0.05) is 12.2 Å². The van der Waals surface area contributed by atoms with Gasteiger partial charge in [-0.15, -0.1) is 0 Å². The Balaban J connectivity index is 2.68. The lowest BCUT2D eigenvalue weighted by atomic mass is 10.4. The Kier molecular flexibility index (Phi) is 3.60. The van der Waals surface area contributed by atoms with Crippen molar-refractivity contribution >= 4 is 5.97 Å². The van der Waals surface area contributed by atoms with Crippen molar-refractivity contribution in [3.63, 3.8) is 0 Å². The van der Waals surface area contributed by atoms with Crippen LogP contribution in [-0.4, -0.2) is 27.7 Å². The summed E-state index contributed by atoms with van der Waals surface area (Å²) in [4.78, 5) is 18.0. The summed E-state index contributed by atoms with van der Waals surface area (Å²) in [5, 5.41) is 8.62. The molecule has 0 aliphatic carbocycles. The standard InChI is InChI=1S/C9H10N2O3/c1-2-3-6-14-9-10-5-4-7(11-9)8(12)13/h2-5H,6H2,1H3,(H,12,13)/b3-2+. The fourth-order valence-electron chi connectivity index (χ4n) is 0.748. The minimum absolute atomic E-state index is 0.0722. The zero-order chi connectivity index (χ0) is 10.4. The van der Waals surface area contributed by atoms with Crippen LogP contribution in [0, 0.1) is 0 Å². The third-order valence-electron chi connectivity index (χ3n) is 1.40. The van der Waals surface area contributed by atoms with E-state index in [0.717, 1.165) is 0 Å². The zero-order valence-electron chi connectivity index (χ0n) is 7.67. The largest absolute Gasteiger partial charge is 0.477 e. The van der Waals surface area contributed by atoms with E-state index in [1.165, 1.54) is 12.3 Å². The first-order valence-corrected chi connectivity index (χ1v) is 4.04. The molecule has 0 spiro atoms. The topological polar surface area (TPSA) is 72.3 Å². The second-order valence-corrected chi connectivity index (χ2v) is 2.41. The summed E-state index contributed by atoms with van der Waals surface area (Å²) in [6.45, 7) is 2.19. The summed E-state index contributed by atoms with van der Waals surface area (Å²) in [7, 11) is 0. The predicted molar refractivity (Wildman–Crippen MR) is 49.3 cm³/mol. The van der Waals surface area contributed by atoms with Gasteiger partial charge < -0.3 is 9.84 Å². The van der Waals surface area contributed by atoms with E-state index in [1.54, 1.807) is 6.08 Å². The molecule has 1 aromatic heterocycles. The van der Waals surface area contributed by atoms with Crippen LogP contribution in [-0.2, 0) is 0 Å². The first-order chi connectivity index (χ1) is 6.74. The van der Waals surface area contributed by atoms with Gasteiger partial charge in [-0.3, -0.25) is 0 Å². The number of allylic oxidation sites excluding steroid dienone is 1. The molecule has 0 saturated heterocycles. The minimum Gasteiger partial charge on any atom is -0.477 e. The van der Waals surface area contributed by atoms with Crippen molar-refractivity contribution in [1.82, 2.24) is 9.97 Å². The molecule has 5 heteroatoms. The smallest absolute Gasteiger partial charge is 0.354 e. The second-order valence-electron chi connectivity index (χ2n) is 2.41. The molecule has 0 radical (unpaired) electrons. The lowest BCUT2D eigenvalue weighted by Gasteiger charge is -2.00. The number of hydrogen-bond donors (Lipinski definition) is 1. The van der Waals surface area contributed by atoms with Crippen LogP contribution in [0.2, 0.25) is 0 Å².